The number of nitriles is 1. The largest absolute Gasteiger partial charge is 0.490 e. The SMILES string of the molecule is Cc1cc(F)c(-c2cc(Nc3cnc(C#N)cn3)n[nH]2)c(O[C@@H]2CC[C@H](N)C2)c1. The van der Waals surface area contributed by atoms with Crippen LogP contribution in [0.5, 0.6) is 5.75 Å². The van der Waals surface area contributed by atoms with E-state index in [9.17, 15) is 4.39 Å². The van der Waals surface area contributed by atoms with Crippen molar-refractivity contribution in [1.29, 1.82) is 5.26 Å². The van der Waals surface area contributed by atoms with Crippen LogP contribution in [0.2, 0.25) is 0 Å². The standard InChI is InChI=1S/C20H20FN7O/c1-11-4-15(21)20(17(5-11)29-14-3-2-12(23)6-14)16-7-18(28-27-16)26-19-10-24-13(8-22)9-25-19/h4-5,7,9-10,12,14H,2-3,6,23H2,1H3,(H2,25,26,27,28)/t12-,14+/m0/s1. The molecule has 0 amide bonds. The van der Waals surface area contributed by atoms with Crippen LogP contribution in [0.3, 0.4) is 0 Å². The fourth-order valence-corrected chi connectivity index (χ4v) is 3.42. The Labute approximate surface area is 166 Å². The molecule has 1 aliphatic rings. The Morgan fingerprint density at radius 1 is 1.24 bits per heavy atom. The molecule has 4 rings (SSSR count). The molecule has 0 radical (unpaired) electrons. The minimum Gasteiger partial charge on any atom is -0.490 e. The third-order valence-electron chi connectivity index (χ3n) is 4.79. The Balaban J connectivity index is 1.60. The van der Waals surface area contributed by atoms with E-state index >= 15 is 0 Å². The first-order chi connectivity index (χ1) is 14.0. The molecule has 2 aromatic heterocycles. The van der Waals surface area contributed by atoms with Gasteiger partial charge in [0.15, 0.2) is 11.5 Å². The second-order valence-electron chi connectivity index (χ2n) is 7.12. The molecule has 2 heterocycles. The number of H-pyrrole nitrogens is 1. The third-order valence-corrected chi connectivity index (χ3v) is 4.79. The van der Waals surface area contributed by atoms with Crippen molar-refractivity contribution in [2.24, 2.45) is 5.73 Å². The molecule has 1 fully saturated rings. The maximum atomic E-state index is 14.8. The van der Waals surface area contributed by atoms with E-state index in [1.807, 2.05) is 19.1 Å². The Kier molecular flexibility index (Phi) is 5.10. The van der Waals surface area contributed by atoms with Gasteiger partial charge < -0.3 is 15.8 Å². The number of hydrogen-bond donors (Lipinski definition) is 3. The Hall–Kier alpha value is -3.51. The number of hydrogen-bond acceptors (Lipinski definition) is 7. The summed E-state index contributed by atoms with van der Waals surface area (Å²) in [6.45, 7) is 1.82. The summed E-state index contributed by atoms with van der Waals surface area (Å²) >= 11 is 0. The lowest BCUT2D eigenvalue weighted by molar-refractivity contribution is 0.208. The summed E-state index contributed by atoms with van der Waals surface area (Å²) in [6, 6.07) is 6.98. The highest BCUT2D eigenvalue weighted by Crippen LogP contribution is 2.36. The topological polar surface area (TPSA) is 126 Å². The predicted octanol–water partition coefficient (Wildman–Crippen LogP) is 3.19. The maximum absolute atomic E-state index is 14.8. The molecule has 148 valence electrons. The normalized spacial score (nSPS) is 18.4. The number of aryl methyl sites for hydroxylation is 1. The summed E-state index contributed by atoms with van der Waals surface area (Å²) in [6.07, 6.45) is 5.26. The van der Waals surface area contributed by atoms with Crippen molar-refractivity contribution in [3.63, 3.8) is 0 Å². The van der Waals surface area contributed by atoms with E-state index in [1.165, 1.54) is 18.5 Å². The van der Waals surface area contributed by atoms with Crippen molar-refractivity contribution >= 4 is 11.6 Å². The zero-order chi connectivity index (χ0) is 20.4. The second-order valence-corrected chi connectivity index (χ2v) is 7.12. The van der Waals surface area contributed by atoms with Gasteiger partial charge in [-0.25, -0.2) is 14.4 Å². The van der Waals surface area contributed by atoms with Crippen molar-refractivity contribution in [1.82, 2.24) is 20.2 Å². The van der Waals surface area contributed by atoms with Crippen molar-refractivity contribution in [3.05, 3.63) is 47.7 Å². The Morgan fingerprint density at radius 2 is 2.10 bits per heavy atom. The van der Waals surface area contributed by atoms with Crippen molar-refractivity contribution < 1.29 is 9.13 Å². The van der Waals surface area contributed by atoms with E-state index in [2.05, 4.69) is 25.5 Å². The van der Waals surface area contributed by atoms with E-state index < -0.39 is 5.82 Å². The smallest absolute Gasteiger partial charge is 0.158 e. The number of nitrogens with two attached hydrogens (primary N) is 1. The molecule has 0 bridgehead atoms. The predicted molar refractivity (Wildman–Crippen MR) is 105 cm³/mol. The van der Waals surface area contributed by atoms with Crippen LogP contribution in [0, 0.1) is 24.1 Å². The summed E-state index contributed by atoms with van der Waals surface area (Å²) < 4.78 is 20.9. The fraction of sp³-hybridized carbons (Fsp3) is 0.300. The van der Waals surface area contributed by atoms with Crippen LogP contribution in [-0.2, 0) is 0 Å². The summed E-state index contributed by atoms with van der Waals surface area (Å²) in [4.78, 5) is 8.03. The molecule has 1 aliphatic carbocycles. The average Bonchev–Trinajstić information content (AvgIpc) is 3.31. The summed E-state index contributed by atoms with van der Waals surface area (Å²) in [5.74, 6) is 0.932. The van der Waals surface area contributed by atoms with E-state index in [4.69, 9.17) is 15.7 Å². The Bertz CT molecular complexity index is 1060. The number of aromatic nitrogens is 4. The first-order valence-corrected chi connectivity index (χ1v) is 9.29. The van der Waals surface area contributed by atoms with Crippen molar-refractivity contribution in [2.45, 2.75) is 38.3 Å². The van der Waals surface area contributed by atoms with Crippen LogP contribution >= 0.6 is 0 Å². The van der Waals surface area contributed by atoms with Crippen LogP contribution in [-0.4, -0.2) is 32.3 Å². The number of ether oxygens (including phenoxy) is 1. The van der Waals surface area contributed by atoms with Crippen LogP contribution in [0.4, 0.5) is 16.0 Å². The van der Waals surface area contributed by atoms with Gasteiger partial charge in [0.25, 0.3) is 0 Å². The highest BCUT2D eigenvalue weighted by atomic mass is 19.1. The van der Waals surface area contributed by atoms with E-state index in [1.54, 1.807) is 6.07 Å². The molecule has 0 spiro atoms. The van der Waals surface area contributed by atoms with Crippen LogP contribution in [0.1, 0.15) is 30.5 Å². The van der Waals surface area contributed by atoms with E-state index in [-0.39, 0.29) is 17.8 Å². The molecule has 0 saturated heterocycles. The van der Waals surface area contributed by atoms with Crippen LogP contribution < -0.4 is 15.8 Å². The molecule has 29 heavy (non-hydrogen) atoms. The van der Waals surface area contributed by atoms with Gasteiger partial charge in [-0.15, -0.1) is 0 Å². The van der Waals surface area contributed by atoms with Gasteiger partial charge in [-0.2, -0.15) is 10.4 Å². The minimum absolute atomic E-state index is 0.0283. The summed E-state index contributed by atoms with van der Waals surface area (Å²) in [5.41, 5.74) is 7.76. The number of halogens is 1. The lowest BCUT2D eigenvalue weighted by Crippen LogP contribution is -2.19. The van der Waals surface area contributed by atoms with Crippen molar-refractivity contribution in [3.8, 4) is 23.1 Å². The molecule has 9 heteroatoms. The van der Waals surface area contributed by atoms with Gasteiger partial charge in [0, 0.05) is 12.1 Å². The average molecular weight is 393 g/mol. The molecular weight excluding hydrogens is 373 g/mol. The van der Waals surface area contributed by atoms with Crippen molar-refractivity contribution in [2.75, 3.05) is 5.32 Å². The summed E-state index contributed by atoms with van der Waals surface area (Å²) in [7, 11) is 0. The van der Waals surface area contributed by atoms with Gasteiger partial charge >= 0.3 is 0 Å². The lowest BCUT2D eigenvalue weighted by Gasteiger charge is -2.17. The first-order valence-electron chi connectivity index (χ1n) is 9.29. The van der Waals surface area contributed by atoms with Gasteiger partial charge in [-0.05, 0) is 43.9 Å². The number of rotatable bonds is 5. The van der Waals surface area contributed by atoms with Gasteiger partial charge in [0.1, 0.15) is 29.6 Å². The van der Waals surface area contributed by atoms with Gasteiger partial charge in [-0.1, -0.05) is 0 Å². The zero-order valence-electron chi connectivity index (χ0n) is 15.8. The molecule has 1 aromatic carbocycles. The van der Waals surface area contributed by atoms with E-state index in [0.29, 0.717) is 28.6 Å². The van der Waals surface area contributed by atoms with Gasteiger partial charge in [0.2, 0.25) is 0 Å². The summed E-state index contributed by atoms with van der Waals surface area (Å²) in [5, 5.41) is 18.8. The molecule has 2 atom stereocenters. The quantitative estimate of drug-likeness (QED) is 0.608. The fourth-order valence-electron chi connectivity index (χ4n) is 3.42. The first kappa shape index (κ1) is 18.8. The van der Waals surface area contributed by atoms with E-state index in [0.717, 1.165) is 24.8 Å². The number of aromatic amines is 1. The Morgan fingerprint density at radius 3 is 2.79 bits per heavy atom. The minimum atomic E-state index is -0.393. The number of anilines is 2. The number of nitrogens with one attached hydrogen (secondary N) is 2. The lowest BCUT2D eigenvalue weighted by atomic mass is 10.1. The molecular formula is C20H20FN7O. The molecule has 3 aromatic rings. The highest BCUT2D eigenvalue weighted by Gasteiger charge is 2.25. The van der Waals surface area contributed by atoms with Gasteiger partial charge in [-0.3, -0.25) is 5.10 Å². The molecule has 0 aliphatic heterocycles. The maximum Gasteiger partial charge on any atom is 0.158 e. The third kappa shape index (κ3) is 4.17. The van der Waals surface area contributed by atoms with Crippen LogP contribution in [0.25, 0.3) is 11.3 Å². The monoisotopic (exact) mass is 393 g/mol. The molecule has 8 nitrogen and oxygen atoms in total. The van der Waals surface area contributed by atoms with Crippen LogP contribution in [0.15, 0.2) is 30.6 Å². The molecule has 0 unspecified atom stereocenters. The number of nitrogens with zero attached hydrogens (tertiary/aromatic N) is 4. The van der Waals surface area contributed by atoms with Gasteiger partial charge in [0.05, 0.1) is 23.7 Å². The molecule has 4 N–H and O–H groups in total. The molecule has 1 saturated carbocycles. The zero-order valence-corrected chi connectivity index (χ0v) is 15.8. The second kappa shape index (κ2) is 7.85. The highest BCUT2D eigenvalue weighted by molar-refractivity contribution is 5.71. The number of benzene rings is 1.